The molecule has 0 N–H and O–H groups in total. The van der Waals surface area contributed by atoms with Crippen LogP contribution in [0.4, 0.5) is 0 Å². The van der Waals surface area contributed by atoms with E-state index in [2.05, 4.69) is 68.6 Å². The lowest BCUT2D eigenvalue weighted by Gasteiger charge is -2.38. The van der Waals surface area contributed by atoms with E-state index >= 15 is 0 Å². The number of ether oxygens (including phenoxy) is 4. The Morgan fingerprint density at radius 2 is 1.39 bits per heavy atom. The van der Waals surface area contributed by atoms with Gasteiger partial charge in [0.25, 0.3) is 0 Å². The van der Waals surface area contributed by atoms with E-state index in [0.717, 1.165) is 53.4 Å². The smallest absolute Gasteiger partial charge is 0.341 e. The molecule has 0 aliphatic heterocycles. The highest BCUT2D eigenvalue weighted by Gasteiger charge is 2.32. The van der Waals surface area contributed by atoms with Gasteiger partial charge in [-0.15, -0.1) is 0 Å². The van der Waals surface area contributed by atoms with Gasteiger partial charge in [-0.3, -0.25) is 0 Å². The maximum Gasteiger partial charge on any atom is 0.341 e. The van der Waals surface area contributed by atoms with Gasteiger partial charge in [0.15, 0.2) is 0 Å². The predicted molar refractivity (Wildman–Crippen MR) is 205 cm³/mol. The van der Waals surface area contributed by atoms with Crippen molar-refractivity contribution in [1.82, 2.24) is 0 Å². The van der Waals surface area contributed by atoms with Crippen molar-refractivity contribution in [2.75, 3.05) is 26.9 Å². The molecule has 0 bridgehead atoms. The minimum Gasteiger partial charge on any atom is -0.490 e. The van der Waals surface area contributed by atoms with E-state index in [0.29, 0.717) is 23.0 Å². The number of hydrogen-bond donors (Lipinski definition) is 0. The van der Waals surface area contributed by atoms with Crippen molar-refractivity contribution < 1.29 is 28.5 Å². The summed E-state index contributed by atoms with van der Waals surface area (Å²) in [4.78, 5) is 23.9. The van der Waals surface area contributed by atoms with Crippen molar-refractivity contribution in [3.63, 3.8) is 0 Å². The van der Waals surface area contributed by atoms with Crippen molar-refractivity contribution in [3.05, 3.63) is 109 Å². The molecule has 3 aromatic carbocycles. The first kappa shape index (κ1) is 37.8. The summed E-state index contributed by atoms with van der Waals surface area (Å²) < 4.78 is 21.6. The van der Waals surface area contributed by atoms with E-state index in [4.69, 9.17) is 18.9 Å². The fourth-order valence-electron chi connectivity index (χ4n) is 7.91. The van der Waals surface area contributed by atoms with Gasteiger partial charge in [0.2, 0.25) is 0 Å². The Hall–Kier alpha value is -4.42. The Balaban J connectivity index is 1.27. The number of esters is 2. The summed E-state index contributed by atoms with van der Waals surface area (Å²) in [6.45, 7) is 9.92. The average molecular weight is 691 g/mol. The molecule has 3 aromatic rings. The van der Waals surface area contributed by atoms with Crippen LogP contribution in [0.2, 0.25) is 0 Å². The van der Waals surface area contributed by atoms with Gasteiger partial charge < -0.3 is 18.9 Å². The van der Waals surface area contributed by atoms with Crippen molar-refractivity contribution in [2.24, 2.45) is 17.8 Å². The predicted octanol–water partition coefficient (Wildman–Crippen LogP) is 10.7. The number of methoxy groups -OCH3 is 1. The summed E-state index contributed by atoms with van der Waals surface area (Å²) in [7, 11) is 1.54. The summed E-state index contributed by atoms with van der Waals surface area (Å²) in [6, 6.07) is 22.6. The van der Waals surface area contributed by atoms with E-state index in [9.17, 15) is 9.59 Å². The second kappa shape index (κ2) is 19.3. The third-order valence-electron chi connectivity index (χ3n) is 10.7. The second-order valence-corrected chi connectivity index (χ2v) is 14.0. The lowest BCUT2D eigenvalue weighted by molar-refractivity contribution is -0.138. The Morgan fingerprint density at radius 1 is 0.784 bits per heavy atom. The Labute approximate surface area is 304 Å². The highest BCUT2D eigenvalue weighted by Crippen LogP contribution is 2.47. The molecule has 0 spiro atoms. The standard InChI is InChI=1S/C45H54O6/c1-5-7-8-9-33-10-12-34(13-11-33)35-16-20-39(21-17-35)43-30-41(51-45(47)32(3)31-48-4)26-27-42(43)38-18-14-36(15-19-38)37-22-24-40(25-23-37)49-28-29-50-44(46)6-2/h5-7,14-15,18-19,22-27,30,33-35,39H,2-3,8-13,16-17,20-21,28-29,31H2,1,4H3/b7-5+. The lowest BCUT2D eigenvalue weighted by atomic mass is 9.67. The van der Waals surface area contributed by atoms with Gasteiger partial charge in [-0.25, -0.2) is 9.59 Å². The first-order valence-electron chi connectivity index (χ1n) is 18.6. The van der Waals surface area contributed by atoms with Crippen molar-refractivity contribution in [3.8, 4) is 33.8 Å². The molecule has 0 atom stereocenters. The summed E-state index contributed by atoms with van der Waals surface area (Å²) >= 11 is 0. The molecule has 0 unspecified atom stereocenters. The first-order valence-corrected chi connectivity index (χ1v) is 18.6. The Bertz CT molecular complexity index is 1620. The lowest BCUT2D eigenvalue weighted by Crippen LogP contribution is -2.25. The molecule has 0 heterocycles. The van der Waals surface area contributed by atoms with Crippen LogP contribution in [0.25, 0.3) is 22.3 Å². The summed E-state index contributed by atoms with van der Waals surface area (Å²) in [5.41, 5.74) is 6.05. The van der Waals surface area contributed by atoms with Crippen LogP contribution in [0.3, 0.4) is 0 Å². The molecule has 0 aromatic heterocycles. The normalized spacial score (nSPS) is 20.4. The SMILES string of the molecule is C=CC(=O)OCCOc1ccc(-c2ccc(-c3ccc(OC(=O)C(=C)COC)cc3C3CCC(C4CCC(CC/C=C/C)CC4)CC3)cc2)cc1. The molecule has 2 saturated carbocycles. The van der Waals surface area contributed by atoms with Gasteiger partial charge in [-0.2, -0.15) is 0 Å². The van der Waals surface area contributed by atoms with E-state index in [-0.39, 0.29) is 19.8 Å². The van der Waals surface area contributed by atoms with Gasteiger partial charge in [-0.05, 0) is 134 Å². The van der Waals surface area contributed by atoms with Crippen molar-refractivity contribution in [1.29, 1.82) is 0 Å². The highest BCUT2D eigenvalue weighted by molar-refractivity contribution is 5.90. The zero-order chi connectivity index (χ0) is 36.0. The molecule has 0 saturated heterocycles. The van der Waals surface area contributed by atoms with E-state index in [1.807, 2.05) is 30.3 Å². The van der Waals surface area contributed by atoms with Gasteiger partial charge in [0.1, 0.15) is 24.7 Å². The van der Waals surface area contributed by atoms with Gasteiger partial charge >= 0.3 is 11.9 Å². The third kappa shape index (κ3) is 10.8. The Morgan fingerprint density at radius 3 is 2.02 bits per heavy atom. The fraction of sp³-hybridized carbons (Fsp3) is 0.422. The molecule has 2 fully saturated rings. The summed E-state index contributed by atoms with van der Waals surface area (Å²) in [5.74, 6) is 3.31. The average Bonchev–Trinajstić information content (AvgIpc) is 3.17. The molecule has 2 aliphatic rings. The molecular weight excluding hydrogens is 636 g/mol. The van der Waals surface area contributed by atoms with Crippen LogP contribution in [0, 0.1) is 17.8 Å². The zero-order valence-corrected chi connectivity index (χ0v) is 30.4. The molecule has 5 rings (SSSR count). The number of carbonyl (C=O) groups excluding carboxylic acids is 2. The van der Waals surface area contributed by atoms with Crippen LogP contribution >= 0.6 is 0 Å². The monoisotopic (exact) mass is 690 g/mol. The number of allylic oxidation sites excluding steroid dienone is 2. The minimum atomic E-state index is -0.461. The molecular formula is C45H54O6. The molecule has 6 heteroatoms. The first-order chi connectivity index (χ1) is 24.9. The molecule has 2 aliphatic carbocycles. The quantitative estimate of drug-likeness (QED) is 0.0490. The van der Waals surface area contributed by atoms with Crippen LogP contribution in [-0.2, 0) is 19.1 Å². The molecule has 51 heavy (non-hydrogen) atoms. The number of hydrogen-bond acceptors (Lipinski definition) is 6. The third-order valence-corrected chi connectivity index (χ3v) is 10.7. The maximum atomic E-state index is 12.7. The number of rotatable bonds is 16. The summed E-state index contributed by atoms with van der Waals surface area (Å²) in [6.07, 6.45) is 18.5. The van der Waals surface area contributed by atoms with E-state index < -0.39 is 11.9 Å². The van der Waals surface area contributed by atoms with Crippen LogP contribution in [0.1, 0.15) is 82.6 Å². The second-order valence-electron chi connectivity index (χ2n) is 14.0. The van der Waals surface area contributed by atoms with Gasteiger partial charge in [0.05, 0.1) is 12.2 Å². The summed E-state index contributed by atoms with van der Waals surface area (Å²) in [5, 5.41) is 0. The number of benzene rings is 3. The highest BCUT2D eigenvalue weighted by atomic mass is 16.6. The Kier molecular flexibility index (Phi) is 14.3. The minimum absolute atomic E-state index is 0.140. The largest absolute Gasteiger partial charge is 0.490 e. The fourth-order valence-corrected chi connectivity index (χ4v) is 7.91. The van der Waals surface area contributed by atoms with E-state index in [1.165, 1.54) is 62.5 Å². The zero-order valence-electron chi connectivity index (χ0n) is 30.4. The van der Waals surface area contributed by atoms with Crippen molar-refractivity contribution in [2.45, 2.75) is 77.0 Å². The van der Waals surface area contributed by atoms with Gasteiger partial charge in [0, 0.05) is 13.2 Å². The maximum absolute atomic E-state index is 12.7. The number of carbonyl (C=O) groups is 2. The van der Waals surface area contributed by atoms with Crippen LogP contribution in [-0.4, -0.2) is 38.9 Å². The van der Waals surface area contributed by atoms with Crippen molar-refractivity contribution >= 4 is 11.9 Å². The van der Waals surface area contributed by atoms with Gasteiger partial charge in [-0.1, -0.05) is 80.6 Å². The van der Waals surface area contributed by atoms with Crippen LogP contribution in [0.5, 0.6) is 11.5 Å². The molecule has 270 valence electrons. The van der Waals surface area contributed by atoms with Crippen LogP contribution < -0.4 is 9.47 Å². The molecule has 6 nitrogen and oxygen atoms in total. The molecule has 0 radical (unpaired) electrons. The molecule has 0 amide bonds. The van der Waals surface area contributed by atoms with E-state index in [1.54, 1.807) is 7.11 Å². The van der Waals surface area contributed by atoms with Crippen LogP contribution in [0.15, 0.2) is 104 Å². The topological polar surface area (TPSA) is 71.1 Å².